The van der Waals surface area contributed by atoms with E-state index >= 15 is 0 Å². The smallest absolute Gasteiger partial charge is 0.449 e. The van der Waals surface area contributed by atoms with Gasteiger partial charge in [0.15, 0.2) is 5.75 Å². The Labute approximate surface area is 116 Å². The van der Waals surface area contributed by atoms with E-state index in [1.807, 2.05) is 0 Å². The Kier molecular flexibility index (Phi) is 3.42. The molecule has 0 spiro atoms. The van der Waals surface area contributed by atoms with Crippen molar-refractivity contribution in [3.8, 4) is 5.75 Å². The number of hydrogen-bond donors (Lipinski definition) is 1. The summed E-state index contributed by atoms with van der Waals surface area (Å²) in [6, 6.07) is 0.0967. The maximum Gasteiger partial charge on any atom is 0.449 e. The Bertz CT molecular complexity index is 749. The number of aromatic amines is 1. The molecule has 0 aliphatic rings. The molecule has 22 heavy (non-hydrogen) atoms. The van der Waals surface area contributed by atoms with Crippen molar-refractivity contribution in [1.29, 1.82) is 0 Å². The lowest BCUT2D eigenvalue weighted by Gasteiger charge is -2.12. The highest BCUT2D eigenvalue weighted by Crippen LogP contribution is 2.44. The van der Waals surface area contributed by atoms with Crippen LogP contribution < -0.4 is 4.74 Å². The highest BCUT2D eigenvalue weighted by Gasteiger charge is 2.41. The first-order valence-corrected chi connectivity index (χ1v) is 5.36. The van der Waals surface area contributed by atoms with Crippen LogP contribution in [0, 0.1) is 10.1 Å². The number of aromatic nitrogens is 2. The molecule has 6 nitrogen and oxygen atoms in total. The van der Waals surface area contributed by atoms with E-state index in [1.54, 1.807) is 4.98 Å². The lowest BCUT2D eigenvalue weighted by Crippen LogP contribution is -2.09. The monoisotopic (exact) mass is 329 g/mol. The Hall–Kier alpha value is -2.53. The molecule has 1 heterocycles. The second kappa shape index (κ2) is 4.74. The predicted octanol–water partition coefficient (Wildman–Crippen LogP) is 3.52. The minimum absolute atomic E-state index is 0.0967. The van der Waals surface area contributed by atoms with Crippen LogP contribution in [0.1, 0.15) is 11.4 Å². The molecule has 0 unspecified atom stereocenters. The Balaban J connectivity index is 2.94. The van der Waals surface area contributed by atoms with Crippen molar-refractivity contribution in [2.75, 3.05) is 7.11 Å². The summed E-state index contributed by atoms with van der Waals surface area (Å²) in [4.78, 5) is 14.2. The number of ether oxygens (including phenoxy) is 1. The molecule has 0 saturated heterocycles. The predicted molar refractivity (Wildman–Crippen MR) is 59.3 cm³/mol. The second-order valence-corrected chi connectivity index (χ2v) is 4.04. The van der Waals surface area contributed by atoms with E-state index in [9.17, 15) is 36.5 Å². The zero-order valence-electron chi connectivity index (χ0n) is 10.5. The highest BCUT2D eigenvalue weighted by molar-refractivity contribution is 5.91. The molecule has 2 aromatic rings. The third-order valence-corrected chi connectivity index (χ3v) is 2.68. The first kappa shape index (κ1) is 15.9. The average Bonchev–Trinajstić information content (AvgIpc) is 2.79. The quantitative estimate of drug-likeness (QED) is 0.519. The fourth-order valence-electron chi connectivity index (χ4n) is 1.82. The molecule has 0 amide bonds. The van der Waals surface area contributed by atoms with Crippen LogP contribution in [0.2, 0.25) is 0 Å². The molecule has 2 rings (SSSR count). The number of alkyl halides is 6. The van der Waals surface area contributed by atoms with Gasteiger partial charge < -0.3 is 9.72 Å². The van der Waals surface area contributed by atoms with Crippen molar-refractivity contribution in [1.82, 2.24) is 9.97 Å². The van der Waals surface area contributed by atoms with E-state index in [4.69, 9.17) is 0 Å². The number of benzene rings is 1. The number of imidazole rings is 1. The number of nitrogens with zero attached hydrogens (tertiary/aromatic N) is 2. The minimum atomic E-state index is -5.07. The number of hydrogen-bond acceptors (Lipinski definition) is 4. The number of nitro benzene ring substituents is 1. The first-order chi connectivity index (χ1) is 9.96. The van der Waals surface area contributed by atoms with Gasteiger partial charge in [-0.2, -0.15) is 26.3 Å². The van der Waals surface area contributed by atoms with E-state index in [-0.39, 0.29) is 6.07 Å². The fraction of sp³-hybridized carbons (Fsp3) is 0.300. The van der Waals surface area contributed by atoms with E-state index in [0.717, 1.165) is 7.11 Å². The number of nitro groups is 1. The molecule has 0 saturated carbocycles. The third kappa shape index (κ3) is 2.51. The summed E-state index contributed by atoms with van der Waals surface area (Å²) >= 11 is 0. The van der Waals surface area contributed by atoms with E-state index in [2.05, 4.69) is 9.72 Å². The van der Waals surface area contributed by atoms with Gasteiger partial charge in [0, 0.05) is 6.07 Å². The molecular formula is C10H5F6N3O3. The van der Waals surface area contributed by atoms with Crippen LogP contribution in [0.4, 0.5) is 32.0 Å². The molecule has 1 aromatic carbocycles. The Morgan fingerprint density at radius 3 is 2.23 bits per heavy atom. The van der Waals surface area contributed by atoms with Gasteiger partial charge in [-0.3, -0.25) is 10.1 Å². The van der Waals surface area contributed by atoms with Crippen LogP contribution in [0.3, 0.4) is 0 Å². The standard InChI is InChI=1S/C10H5F6N3O3/c1-22-7-3(9(11,12)13)2-4(19(20)21)5-6(7)18-8(17-5)10(14,15)16/h2H,1H3,(H,17,18). The largest absolute Gasteiger partial charge is 0.494 e. The van der Waals surface area contributed by atoms with Gasteiger partial charge in [0.25, 0.3) is 5.69 Å². The molecule has 1 N–H and O–H groups in total. The summed E-state index contributed by atoms with van der Waals surface area (Å²) in [5, 5.41) is 10.8. The van der Waals surface area contributed by atoms with Gasteiger partial charge in [0.1, 0.15) is 16.6 Å². The van der Waals surface area contributed by atoms with Crippen LogP contribution in [0.25, 0.3) is 11.0 Å². The number of nitrogens with one attached hydrogen (secondary N) is 1. The molecule has 0 aliphatic heterocycles. The van der Waals surface area contributed by atoms with E-state index < -0.39 is 51.1 Å². The van der Waals surface area contributed by atoms with Gasteiger partial charge in [-0.15, -0.1) is 0 Å². The van der Waals surface area contributed by atoms with Crippen molar-refractivity contribution in [2.45, 2.75) is 12.4 Å². The van der Waals surface area contributed by atoms with Crippen LogP contribution >= 0.6 is 0 Å². The minimum Gasteiger partial charge on any atom is -0.494 e. The zero-order chi connectivity index (χ0) is 16.9. The zero-order valence-corrected chi connectivity index (χ0v) is 10.5. The lowest BCUT2D eigenvalue weighted by molar-refractivity contribution is -0.383. The number of H-pyrrole nitrogens is 1. The molecule has 1 aromatic heterocycles. The number of fused-ring (bicyclic) bond motifs is 1. The van der Waals surface area contributed by atoms with Crippen molar-refractivity contribution >= 4 is 16.7 Å². The van der Waals surface area contributed by atoms with Crippen molar-refractivity contribution in [3.05, 3.63) is 27.6 Å². The summed E-state index contributed by atoms with van der Waals surface area (Å²) in [5.41, 5.74) is -4.50. The number of methoxy groups -OCH3 is 1. The molecule has 0 radical (unpaired) electrons. The molecule has 12 heteroatoms. The van der Waals surface area contributed by atoms with Crippen LogP contribution in [-0.2, 0) is 12.4 Å². The highest BCUT2D eigenvalue weighted by atomic mass is 19.4. The summed E-state index contributed by atoms with van der Waals surface area (Å²) in [7, 11) is 0.789. The maximum absolute atomic E-state index is 12.9. The Morgan fingerprint density at radius 1 is 1.23 bits per heavy atom. The van der Waals surface area contributed by atoms with Crippen LogP contribution in [0.5, 0.6) is 5.75 Å². The normalized spacial score (nSPS) is 12.7. The topological polar surface area (TPSA) is 81.0 Å². The number of rotatable bonds is 2. The molecule has 0 fully saturated rings. The third-order valence-electron chi connectivity index (χ3n) is 2.68. The van der Waals surface area contributed by atoms with Crippen molar-refractivity contribution in [3.63, 3.8) is 0 Å². The van der Waals surface area contributed by atoms with Gasteiger partial charge in [0.05, 0.1) is 12.0 Å². The number of halogens is 6. The SMILES string of the molecule is COc1c(C(F)(F)F)cc([N+](=O)[O-])c2[nH]c(C(F)(F)F)nc12. The van der Waals surface area contributed by atoms with Crippen molar-refractivity contribution < 1.29 is 36.0 Å². The van der Waals surface area contributed by atoms with Gasteiger partial charge >= 0.3 is 12.4 Å². The van der Waals surface area contributed by atoms with Crippen LogP contribution in [-0.4, -0.2) is 22.0 Å². The van der Waals surface area contributed by atoms with Gasteiger partial charge in [-0.1, -0.05) is 0 Å². The summed E-state index contributed by atoms with van der Waals surface area (Å²) < 4.78 is 80.9. The van der Waals surface area contributed by atoms with Crippen LogP contribution in [0.15, 0.2) is 6.07 Å². The molecule has 120 valence electrons. The molecule has 0 bridgehead atoms. The number of non-ortho nitro benzene ring substituents is 1. The molecule has 0 aliphatic carbocycles. The Morgan fingerprint density at radius 2 is 1.82 bits per heavy atom. The van der Waals surface area contributed by atoms with E-state index in [0.29, 0.717) is 0 Å². The lowest BCUT2D eigenvalue weighted by atomic mass is 10.1. The van der Waals surface area contributed by atoms with Gasteiger partial charge in [-0.05, 0) is 0 Å². The maximum atomic E-state index is 12.9. The van der Waals surface area contributed by atoms with Gasteiger partial charge in [0.2, 0.25) is 5.82 Å². The van der Waals surface area contributed by atoms with Gasteiger partial charge in [-0.25, -0.2) is 4.98 Å². The van der Waals surface area contributed by atoms with Crippen molar-refractivity contribution in [2.24, 2.45) is 0 Å². The average molecular weight is 329 g/mol. The summed E-state index contributed by atoms with van der Waals surface area (Å²) in [6.07, 6.45) is -10.1. The second-order valence-electron chi connectivity index (χ2n) is 4.04. The summed E-state index contributed by atoms with van der Waals surface area (Å²) in [6.45, 7) is 0. The van der Waals surface area contributed by atoms with E-state index in [1.165, 1.54) is 0 Å². The fourth-order valence-corrected chi connectivity index (χ4v) is 1.82. The first-order valence-electron chi connectivity index (χ1n) is 5.36. The molecule has 0 atom stereocenters. The summed E-state index contributed by atoms with van der Waals surface area (Å²) in [5.74, 6) is -2.69. The molecular weight excluding hydrogens is 324 g/mol.